The number of rotatable bonds is 3. The number of nitrogens with one attached hydrogen (secondary N) is 1. The molecule has 3 heterocycles. The maximum absolute atomic E-state index is 13.0. The molecule has 1 fully saturated rings. The van der Waals surface area contributed by atoms with Crippen LogP contribution in [-0.2, 0) is 4.79 Å². The zero-order chi connectivity index (χ0) is 19.8. The molecule has 1 aliphatic rings. The van der Waals surface area contributed by atoms with E-state index >= 15 is 0 Å². The van der Waals surface area contributed by atoms with Crippen LogP contribution < -0.4 is 10.2 Å². The van der Waals surface area contributed by atoms with Gasteiger partial charge in [-0.05, 0) is 61.4 Å². The molecule has 0 radical (unpaired) electrons. The molecule has 6 heteroatoms. The number of hydrogen-bond acceptors (Lipinski definition) is 3. The highest BCUT2D eigenvalue weighted by atomic mass is 19.1. The number of fused-ring (bicyclic) bond motifs is 3. The van der Waals surface area contributed by atoms with Crippen LogP contribution in [0.15, 0.2) is 66.9 Å². The minimum absolute atomic E-state index is 0.00411. The van der Waals surface area contributed by atoms with E-state index < -0.39 is 0 Å². The molecule has 146 valence electrons. The van der Waals surface area contributed by atoms with Gasteiger partial charge in [0.05, 0.1) is 16.6 Å². The minimum Gasteiger partial charge on any atom is -0.355 e. The number of carbonyl (C=O) groups is 1. The van der Waals surface area contributed by atoms with E-state index in [0.29, 0.717) is 5.69 Å². The standard InChI is InChI=1S/C23H21FN4O/c24-17-7-9-18(10-8-17)25-23(29)16-11-14-27(15-12-16)22-21-6-3-13-28(21)20-5-2-1-4-19(20)26-22/h1-10,13,16H,11-12,14-15H2,(H,25,29). The number of piperidine rings is 1. The highest BCUT2D eigenvalue weighted by Crippen LogP contribution is 2.29. The van der Waals surface area contributed by atoms with Crippen LogP contribution in [0.1, 0.15) is 12.8 Å². The number of amides is 1. The summed E-state index contributed by atoms with van der Waals surface area (Å²) < 4.78 is 15.2. The lowest BCUT2D eigenvalue weighted by atomic mass is 9.95. The number of halogens is 1. The Bertz CT molecular complexity index is 1180. The lowest BCUT2D eigenvalue weighted by molar-refractivity contribution is -0.120. The molecule has 1 aliphatic heterocycles. The van der Waals surface area contributed by atoms with Crippen LogP contribution in [-0.4, -0.2) is 28.4 Å². The third-order valence-corrected chi connectivity index (χ3v) is 5.62. The number of hydrogen-bond donors (Lipinski definition) is 1. The van der Waals surface area contributed by atoms with Crippen molar-refractivity contribution in [1.82, 2.24) is 9.38 Å². The van der Waals surface area contributed by atoms with Gasteiger partial charge in [0, 0.05) is 30.9 Å². The molecule has 0 bridgehead atoms. The van der Waals surface area contributed by atoms with Crippen LogP contribution in [0.5, 0.6) is 0 Å². The van der Waals surface area contributed by atoms with E-state index in [1.54, 1.807) is 12.1 Å². The van der Waals surface area contributed by atoms with E-state index in [2.05, 4.69) is 32.9 Å². The number of aromatic nitrogens is 2. The molecule has 0 aliphatic carbocycles. The summed E-state index contributed by atoms with van der Waals surface area (Å²) in [6, 6.07) is 18.1. The number of carbonyl (C=O) groups excluding carboxylic acids is 1. The monoisotopic (exact) mass is 388 g/mol. The van der Waals surface area contributed by atoms with Crippen molar-refractivity contribution in [2.24, 2.45) is 5.92 Å². The molecule has 1 amide bonds. The molecule has 5 rings (SSSR count). The van der Waals surface area contributed by atoms with Crippen LogP contribution in [0, 0.1) is 11.7 Å². The Morgan fingerprint density at radius 1 is 0.966 bits per heavy atom. The Balaban J connectivity index is 1.33. The Labute approximate surface area is 167 Å². The summed E-state index contributed by atoms with van der Waals surface area (Å²) in [5, 5.41) is 2.90. The Kier molecular flexibility index (Phi) is 4.39. The van der Waals surface area contributed by atoms with Gasteiger partial charge in [0.15, 0.2) is 5.82 Å². The topological polar surface area (TPSA) is 49.6 Å². The minimum atomic E-state index is -0.309. The maximum Gasteiger partial charge on any atom is 0.227 e. The largest absolute Gasteiger partial charge is 0.355 e. The van der Waals surface area contributed by atoms with Crippen LogP contribution >= 0.6 is 0 Å². The van der Waals surface area contributed by atoms with Crippen molar-refractivity contribution >= 4 is 34.0 Å². The maximum atomic E-state index is 13.0. The lowest BCUT2D eigenvalue weighted by Crippen LogP contribution is -2.38. The van der Waals surface area contributed by atoms with Crippen LogP contribution in [0.3, 0.4) is 0 Å². The Hall–Kier alpha value is -3.41. The van der Waals surface area contributed by atoms with Crippen molar-refractivity contribution in [2.45, 2.75) is 12.8 Å². The smallest absolute Gasteiger partial charge is 0.227 e. The van der Waals surface area contributed by atoms with Crippen LogP contribution in [0.2, 0.25) is 0 Å². The van der Waals surface area contributed by atoms with Crippen LogP contribution in [0.4, 0.5) is 15.9 Å². The van der Waals surface area contributed by atoms with E-state index in [1.165, 1.54) is 12.1 Å². The van der Waals surface area contributed by atoms with Crippen molar-refractivity contribution in [1.29, 1.82) is 0 Å². The lowest BCUT2D eigenvalue weighted by Gasteiger charge is -2.32. The summed E-state index contributed by atoms with van der Waals surface area (Å²) in [4.78, 5) is 19.8. The first-order valence-electron chi connectivity index (χ1n) is 9.86. The first-order valence-corrected chi connectivity index (χ1v) is 9.86. The zero-order valence-corrected chi connectivity index (χ0v) is 15.9. The summed E-state index contributed by atoms with van der Waals surface area (Å²) >= 11 is 0. The number of anilines is 2. The van der Waals surface area contributed by atoms with Crippen molar-refractivity contribution in [3.63, 3.8) is 0 Å². The molecule has 29 heavy (non-hydrogen) atoms. The van der Waals surface area contributed by atoms with Gasteiger partial charge in [-0.2, -0.15) is 0 Å². The molecule has 1 saturated heterocycles. The summed E-state index contributed by atoms with van der Waals surface area (Å²) in [6.07, 6.45) is 3.58. The molecule has 2 aromatic carbocycles. The highest BCUT2D eigenvalue weighted by molar-refractivity contribution is 5.93. The van der Waals surface area contributed by atoms with Gasteiger partial charge < -0.3 is 14.6 Å². The van der Waals surface area contributed by atoms with Crippen molar-refractivity contribution in [3.8, 4) is 0 Å². The summed E-state index contributed by atoms with van der Waals surface area (Å²) in [7, 11) is 0. The van der Waals surface area contributed by atoms with Gasteiger partial charge in [-0.25, -0.2) is 9.37 Å². The van der Waals surface area contributed by atoms with Crippen molar-refractivity contribution in [2.75, 3.05) is 23.3 Å². The first kappa shape index (κ1) is 17.7. The third kappa shape index (κ3) is 3.31. The SMILES string of the molecule is O=C(Nc1ccc(F)cc1)C1CCN(c2nc3ccccc3n3cccc23)CC1. The molecular weight excluding hydrogens is 367 g/mol. The highest BCUT2D eigenvalue weighted by Gasteiger charge is 2.27. The van der Waals surface area contributed by atoms with Gasteiger partial charge in [0.25, 0.3) is 0 Å². The van der Waals surface area contributed by atoms with E-state index in [1.807, 2.05) is 24.3 Å². The molecule has 0 spiro atoms. The second-order valence-electron chi connectivity index (χ2n) is 7.45. The molecule has 5 nitrogen and oxygen atoms in total. The van der Waals surface area contributed by atoms with Gasteiger partial charge in [-0.1, -0.05) is 12.1 Å². The number of para-hydroxylation sites is 2. The second kappa shape index (κ2) is 7.20. The predicted octanol–water partition coefficient (Wildman–Crippen LogP) is 4.48. The van der Waals surface area contributed by atoms with E-state index in [-0.39, 0.29) is 17.6 Å². The quantitative estimate of drug-likeness (QED) is 0.563. The fraction of sp³-hybridized carbons (Fsp3) is 0.217. The fourth-order valence-electron chi connectivity index (χ4n) is 4.07. The molecule has 0 unspecified atom stereocenters. The van der Waals surface area contributed by atoms with E-state index in [9.17, 15) is 9.18 Å². The van der Waals surface area contributed by atoms with Gasteiger partial charge in [0.1, 0.15) is 5.82 Å². The van der Waals surface area contributed by atoms with E-state index in [4.69, 9.17) is 4.98 Å². The summed E-state index contributed by atoms with van der Waals surface area (Å²) in [6.45, 7) is 1.54. The number of benzene rings is 2. The predicted molar refractivity (Wildman–Crippen MR) is 113 cm³/mol. The third-order valence-electron chi connectivity index (χ3n) is 5.62. The molecule has 2 aromatic heterocycles. The normalized spacial score (nSPS) is 15.1. The van der Waals surface area contributed by atoms with Crippen LogP contribution in [0.25, 0.3) is 16.6 Å². The van der Waals surface area contributed by atoms with Crippen molar-refractivity contribution < 1.29 is 9.18 Å². The Morgan fingerprint density at radius 3 is 2.48 bits per heavy atom. The summed E-state index contributed by atoms with van der Waals surface area (Å²) in [5.41, 5.74) is 3.76. The summed E-state index contributed by atoms with van der Waals surface area (Å²) in [5.74, 6) is 0.595. The molecule has 4 aromatic rings. The van der Waals surface area contributed by atoms with Crippen molar-refractivity contribution in [3.05, 3.63) is 72.7 Å². The first-order chi connectivity index (χ1) is 14.2. The number of nitrogens with zero attached hydrogens (tertiary/aromatic N) is 3. The Morgan fingerprint density at radius 2 is 1.69 bits per heavy atom. The molecule has 0 atom stereocenters. The molecule has 0 saturated carbocycles. The molecular formula is C23H21FN4O. The van der Waals surface area contributed by atoms with Gasteiger partial charge in [0.2, 0.25) is 5.91 Å². The van der Waals surface area contributed by atoms with Gasteiger partial charge in [-0.3, -0.25) is 4.79 Å². The zero-order valence-electron chi connectivity index (χ0n) is 15.9. The average molecular weight is 388 g/mol. The van der Waals surface area contributed by atoms with E-state index in [0.717, 1.165) is 48.3 Å². The second-order valence-corrected chi connectivity index (χ2v) is 7.45. The molecule has 1 N–H and O–H groups in total. The van der Waals surface area contributed by atoms with Gasteiger partial charge >= 0.3 is 0 Å². The van der Waals surface area contributed by atoms with Gasteiger partial charge in [-0.15, -0.1) is 0 Å². The average Bonchev–Trinajstić information content (AvgIpc) is 3.25. The fourth-order valence-corrected chi connectivity index (χ4v) is 4.07.